The van der Waals surface area contributed by atoms with Gasteiger partial charge in [-0.05, 0) is 24.3 Å². The van der Waals surface area contributed by atoms with E-state index in [9.17, 15) is 4.39 Å². The molecule has 27 heavy (non-hydrogen) atoms. The van der Waals surface area contributed by atoms with Crippen molar-refractivity contribution in [2.24, 2.45) is 0 Å². The fraction of sp³-hybridized carbons (Fsp3) is 0.136. The summed E-state index contributed by atoms with van der Waals surface area (Å²) in [7, 11) is 0. The van der Waals surface area contributed by atoms with Crippen LogP contribution in [0.25, 0.3) is 0 Å². The minimum Gasteiger partial charge on any atom is -0.489 e. The van der Waals surface area contributed by atoms with Crippen molar-refractivity contribution in [2.45, 2.75) is 13.1 Å². The number of hydrogen-bond donors (Lipinski definition) is 1. The first-order chi connectivity index (χ1) is 13.3. The highest BCUT2D eigenvalue weighted by Gasteiger charge is 2.08. The smallest absolute Gasteiger partial charge is 0.223 e. The molecule has 0 radical (unpaired) electrons. The molecule has 0 saturated carbocycles. The number of benzene rings is 2. The van der Waals surface area contributed by atoms with Gasteiger partial charge in [0.2, 0.25) is 5.88 Å². The van der Waals surface area contributed by atoms with E-state index in [-0.39, 0.29) is 5.82 Å². The zero-order chi connectivity index (χ0) is 18.9. The van der Waals surface area contributed by atoms with E-state index < -0.39 is 0 Å². The van der Waals surface area contributed by atoms with Crippen LogP contribution >= 0.6 is 0 Å². The van der Waals surface area contributed by atoms with Gasteiger partial charge in [0.15, 0.2) is 0 Å². The van der Waals surface area contributed by atoms with Gasteiger partial charge >= 0.3 is 0 Å². The lowest BCUT2D eigenvalue weighted by Gasteiger charge is -2.13. The number of pyridine rings is 1. The van der Waals surface area contributed by atoms with Gasteiger partial charge in [0, 0.05) is 36.5 Å². The first-order valence-corrected chi connectivity index (χ1v) is 8.66. The molecule has 0 fully saturated rings. The molecule has 0 aliphatic rings. The number of aromatic nitrogens is 1. The summed E-state index contributed by atoms with van der Waals surface area (Å²) in [4.78, 5) is 4.27. The van der Waals surface area contributed by atoms with Crippen LogP contribution in [0.2, 0.25) is 0 Å². The van der Waals surface area contributed by atoms with Crippen LogP contribution in [0.3, 0.4) is 0 Å². The zero-order valence-corrected chi connectivity index (χ0v) is 14.9. The normalized spacial score (nSPS) is 10.4. The average Bonchev–Trinajstić information content (AvgIpc) is 2.68. The van der Waals surface area contributed by atoms with Crippen LogP contribution < -0.4 is 14.8 Å². The maximum Gasteiger partial charge on any atom is 0.223 e. The number of para-hydroxylation sites is 1. The van der Waals surface area contributed by atoms with Crippen molar-refractivity contribution < 1.29 is 13.9 Å². The van der Waals surface area contributed by atoms with E-state index >= 15 is 0 Å². The molecule has 0 aliphatic heterocycles. The van der Waals surface area contributed by atoms with E-state index in [2.05, 4.69) is 16.9 Å². The highest BCUT2D eigenvalue weighted by Crippen LogP contribution is 2.24. The summed E-state index contributed by atoms with van der Waals surface area (Å²) in [6.45, 7) is 5.31. The number of halogens is 1. The first-order valence-electron chi connectivity index (χ1n) is 8.66. The van der Waals surface area contributed by atoms with Gasteiger partial charge in [-0.15, -0.1) is 0 Å². The Kier molecular flexibility index (Phi) is 6.55. The second-order valence-corrected chi connectivity index (χ2v) is 5.84. The molecule has 0 aliphatic carbocycles. The SMILES string of the molecule is C=CCOc1ccccc1CNCc1cccnc1Oc1cccc(F)c1. The van der Waals surface area contributed by atoms with Crippen LogP contribution in [0.5, 0.6) is 17.4 Å². The van der Waals surface area contributed by atoms with Crippen LogP contribution in [-0.2, 0) is 13.1 Å². The van der Waals surface area contributed by atoms with Gasteiger partial charge in [0.25, 0.3) is 0 Å². The number of nitrogens with one attached hydrogen (secondary N) is 1. The maximum atomic E-state index is 13.4. The molecule has 4 nitrogen and oxygen atoms in total. The Labute approximate surface area is 158 Å². The van der Waals surface area contributed by atoms with Crippen molar-refractivity contribution in [1.82, 2.24) is 10.3 Å². The van der Waals surface area contributed by atoms with Crippen molar-refractivity contribution >= 4 is 0 Å². The topological polar surface area (TPSA) is 43.4 Å². The molecule has 3 aromatic rings. The monoisotopic (exact) mass is 364 g/mol. The summed E-state index contributed by atoms with van der Waals surface area (Å²) in [5, 5.41) is 3.37. The highest BCUT2D eigenvalue weighted by molar-refractivity contribution is 5.34. The third-order valence-electron chi connectivity index (χ3n) is 3.82. The van der Waals surface area contributed by atoms with Crippen LogP contribution in [-0.4, -0.2) is 11.6 Å². The average molecular weight is 364 g/mol. The van der Waals surface area contributed by atoms with Gasteiger partial charge in [0.05, 0.1) is 0 Å². The lowest BCUT2D eigenvalue weighted by molar-refractivity contribution is 0.357. The molecule has 0 amide bonds. The molecule has 3 rings (SSSR count). The van der Waals surface area contributed by atoms with E-state index in [4.69, 9.17) is 9.47 Å². The Morgan fingerprint density at radius 3 is 2.67 bits per heavy atom. The molecule has 0 spiro atoms. The fourth-order valence-corrected chi connectivity index (χ4v) is 2.56. The van der Waals surface area contributed by atoms with E-state index in [1.165, 1.54) is 12.1 Å². The molecular formula is C22H21FN2O2. The predicted molar refractivity (Wildman–Crippen MR) is 103 cm³/mol. The summed E-state index contributed by atoms with van der Waals surface area (Å²) in [5.74, 6) is 1.34. The fourth-order valence-electron chi connectivity index (χ4n) is 2.56. The van der Waals surface area contributed by atoms with Crippen molar-refractivity contribution in [1.29, 1.82) is 0 Å². The molecule has 2 aromatic carbocycles. The molecule has 1 heterocycles. The Morgan fingerprint density at radius 1 is 1.00 bits per heavy atom. The molecule has 138 valence electrons. The summed E-state index contributed by atoms with van der Waals surface area (Å²) < 4.78 is 24.8. The number of rotatable bonds is 9. The summed E-state index contributed by atoms with van der Waals surface area (Å²) in [6, 6.07) is 17.6. The van der Waals surface area contributed by atoms with Crippen molar-refractivity contribution in [2.75, 3.05) is 6.61 Å². The third kappa shape index (κ3) is 5.39. The molecule has 5 heteroatoms. The van der Waals surface area contributed by atoms with Crippen LogP contribution in [0, 0.1) is 5.82 Å². The van der Waals surface area contributed by atoms with Gasteiger partial charge in [-0.25, -0.2) is 9.37 Å². The number of nitrogens with zero attached hydrogens (tertiary/aromatic N) is 1. The van der Waals surface area contributed by atoms with Gasteiger partial charge in [-0.2, -0.15) is 0 Å². The minimum atomic E-state index is -0.348. The molecular weight excluding hydrogens is 343 g/mol. The standard InChI is InChI=1S/C22H21FN2O2/c1-2-13-26-21-11-4-3-7-17(21)15-24-16-18-8-6-12-25-22(18)27-20-10-5-9-19(23)14-20/h2-12,14,24H,1,13,15-16H2. The largest absolute Gasteiger partial charge is 0.489 e. The first kappa shape index (κ1) is 18.6. The molecule has 0 unspecified atom stereocenters. The second kappa shape index (κ2) is 9.50. The lowest BCUT2D eigenvalue weighted by Crippen LogP contribution is -2.14. The van der Waals surface area contributed by atoms with Crippen molar-refractivity contribution in [3.8, 4) is 17.4 Å². The summed E-state index contributed by atoms with van der Waals surface area (Å²) in [6.07, 6.45) is 3.37. The van der Waals surface area contributed by atoms with E-state index in [0.29, 0.717) is 31.3 Å². The van der Waals surface area contributed by atoms with E-state index in [0.717, 1.165) is 16.9 Å². The van der Waals surface area contributed by atoms with Crippen LogP contribution in [0.1, 0.15) is 11.1 Å². The van der Waals surface area contributed by atoms with Gasteiger partial charge in [-0.3, -0.25) is 0 Å². The summed E-state index contributed by atoms with van der Waals surface area (Å²) in [5.41, 5.74) is 1.93. The molecule has 0 atom stereocenters. The van der Waals surface area contributed by atoms with Crippen LogP contribution in [0.15, 0.2) is 79.5 Å². The maximum absolute atomic E-state index is 13.4. The summed E-state index contributed by atoms with van der Waals surface area (Å²) >= 11 is 0. The van der Waals surface area contributed by atoms with Gasteiger partial charge in [-0.1, -0.05) is 43.0 Å². The quantitative estimate of drug-likeness (QED) is 0.550. The second-order valence-electron chi connectivity index (χ2n) is 5.84. The Bertz CT molecular complexity index is 899. The molecule has 1 aromatic heterocycles. The van der Waals surface area contributed by atoms with Gasteiger partial charge in [0.1, 0.15) is 23.9 Å². The van der Waals surface area contributed by atoms with Crippen molar-refractivity contribution in [3.63, 3.8) is 0 Å². The molecule has 1 N–H and O–H groups in total. The van der Waals surface area contributed by atoms with Gasteiger partial charge < -0.3 is 14.8 Å². The lowest BCUT2D eigenvalue weighted by atomic mass is 10.2. The Morgan fingerprint density at radius 2 is 1.81 bits per heavy atom. The van der Waals surface area contributed by atoms with Crippen molar-refractivity contribution in [3.05, 3.63) is 96.5 Å². The Hall–Kier alpha value is -3.18. The number of ether oxygens (including phenoxy) is 2. The van der Waals surface area contributed by atoms with E-state index in [1.807, 2.05) is 36.4 Å². The highest BCUT2D eigenvalue weighted by atomic mass is 19.1. The minimum absolute atomic E-state index is 0.348. The third-order valence-corrected chi connectivity index (χ3v) is 3.82. The molecule has 0 saturated heterocycles. The molecule has 0 bridgehead atoms. The Balaban J connectivity index is 1.64. The van der Waals surface area contributed by atoms with E-state index in [1.54, 1.807) is 24.4 Å². The predicted octanol–water partition coefficient (Wildman–Crippen LogP) is 4.87. The van der Waals surface area contributed by atoms with Crippen LogP contribution in [0.4, 0.5) is 4.39 Å². The zero-order valence-electron chi connectivity index (χ0n) is 14.9. The number of hydrogen-bond acceptors (Lipinski definition) is 4.